The van der Waals surface area contributed by atoms with Gasteiger partial charge in [-0.05, 0) is 45.0 Å². The molecule has 1 amide bonds. The Labute approximate surface area is 161 Å². The lowest BCUT2D eigenvalue weighted by molar-refractivity contribution is 0.103. The summed E-state index contributed by atoms with van der Waals surface area (Å²) in [4.78, 5) is 22.5. The zero-order valence-electron chi connectivity index (χ0n) is 15.4. The number of thiazole rings is 1. The summed E-state index contributed by atoms with van der Waals surface area (Å²) in [5.41, 5.74) is 3.46. The molecule has 4 rings (SSSR count). The lowest BCUT2D eigenvalue weighted by atomic mass is 10.2. The van der Waals surface area contributed by atoms with E-state index in [9.17, 15) is 4.79 Å². The number of amides is 1. The van der Waals surface area contributed by atoms with Gasteiger partial charge in [0.05, 0.1) is 5.69 Å². The molecule has 27 heavy (non-hydrogen) atoms. The fraction of sp³-hybridized carbons (Fsp3) is 0.190. The Balaban J connectivity index is 1.74. The van der Waals surface area contributed by atoms with Gasteiger partial charge in [0, 0.05) is 35.1 Å². The minimum atomic E-state index is -0.131. The average molecular weight is 376 g/mol. The minimum absolute atomic E-state index is 0.131. The molecule has 0 aliphatic rings. The highest BCUT2D eigenvalue weighted by atomic mass is 32.1. The van der Waals surface area contributed by atoms with Gasteiger partial charge < -0.3 is 9.88 Å². The number of aryl methyl sites for hydroxylation is 1. The number of benzene rings is 1. The van der Waals surface area contributed by atoms with E-state index >= 15 is 0 Å². The predicted octanol–water partition coefficient (Wildman–Crippen LogP) is 5.30. The number of carbonyl (C=O) groups is 1. The summed E-state index contributed by atoms with van der Waals surface area (Å²) in [7, 11) is 0. The maximum absolute atomic E-state index is 12.7. The van der Waals surface area contributed by atoms with E-state index in [1.807, 2.05) is 43.3 Å². The van der Waals surface area contributed by atoms with Gasteiger partial charge in [-0.3, -0.25) is 4.79 Å². The molecule has 0 atom stereocenters. The first-order valence-corrected chi connectivity index (χ1v) is 9.66. The number of nitrogens with one attached hydrogen (secondary N) is 1. The molecule has 0 fully saturated rings. The first-order chi connectivity index (χ1) is 13.0. The minimum Gasteiger partial charge on any atom is -0.329 e. The Hall–Kier alpha value is -2.99. The van der Waals surface area contributed by atoms with Crippen molar-refractivity contribution in [3.63, 3.8) is 0 Å². The first kappa shape index (κ1) is 17.4. The Morgan fingerprint density at radius 2 is 1.93 bits per heavy atom. The third-order valence-electron chi connectivity index (χ3n) is 4.41. The van der Waals surface area contributed by atoms with Gasteiger partial charge in [-0.2, -0.15) is 0 Å². The van der Waals surface area contributed by atoms with Crippen LogP contribution in [0.15, 0.2) is 54.9 Å². The molecule has 0 aliphatic heterocycles. The number of hydrogen-bond acceptors (Lipinski definition) is 4. The van der Waals surface area contributed by atoms with Crippen molar-refractivity contribution >= 4 is 34.0 Å². The Kier molecular flexibility index (Phi) is 4.49. The van der Waals surface area contributed by atoms with Crippen LogP contribution in [0.2, 0.25) is 0 Å². The van der Waals surface area contributed by atoms with Crippen LogP contribution in [0.4, 0.5) is 5.69 Å². The van der Waals surface area contributed by atoms with Crippen molar-refractivity contribution in [1.29, 1.82) is 0 Å². The standard InChI is InChI=1S/C21H20N4OS/c1-13(2)25-12-17(16-10-7-11-22-19(16)25)21-23-14(3)18(27-21)20(26)24-15-8-5-4-6-9-15/h4-13H,1-3H3,(H,24,26). The molecule has 4 aromatic rings. The molecule has 1 N–H and O–H groups in total. The maximum Gasteiger partial charge on any atom is 0.267 e. The van der Waals surface area contributed by atoms with Crippen LogP contribution in [0.1, 0.15) is 35.3 Å². The summed E-state index contributed by atoms with van der Waals surface area (Å²) < 4.78 is 2.14. The molecular weight excluding hydrogens is 356 g/mol. The van der Waals surface area contributed by atoms with Crippen LogP contribution in [0.25, 0.3) is 21.6 Å². The summed E-state index contributed by atoms with van der Waals surface area (Å²) in [6.07, 6.45) is 3.89. The SMILES string of the molecule is Cc1nc(-c2cn(C(C)C)c3ncccc23)sc1C(=O)Nc1ccccc1. The van der Waals surface area contributed by atoms with Crippen molar-refractivity contribution < 1.29 is 4.79 Å². The van der Waals surface area contributed by atoms with Gasteiger partial charge in [-0.15, -0.1) is 11.3 Å². The number of rotatable bonds is 4. The van der Waals surface area contributed by atoms with E-state index in [1.165, 1.54) is 11.3 Å². The van der Waals surface area contributed by atoms with Crippen LogP contribution >= 0.6 is 11.3 Å². The lowest BCUT2D eigenvalue weighted by Crippen LogP contribution is -2.11. The second-order valence-corrected chi connectivity index (χ2v) is 7.67. The van der Waals surface area contributed by atoms with Gasteiger partial charge in [0.15, 0.2) is 0 Å². The van der Waals surface area contributed by atoms with Gasteiger partial charge >= 0.3 is 0 Å². The molecule has 0 aliphatic carbocycles. The Bertz CT molecular complexity index is 1110. The molecular formula is C21H20N4OS. The monoisotopic (exact) mass is 376 g/mol. The van der Waals surface area contributed by atoms with Crippen LogP contribution in [-0.2, 0) is 0 Å². The Morgan fingerprint density at radius 1 is 1.15 bits per heavy atom. The summed E-state index contributed by atoms with van der Waals surface area (Å²) >= 11 is 1.42. The third-order valence-corrected chi connectivity index (χ3v) is 5.60. The lowest BCUT2D eigenvalue weighted by Gasteiger charge is -2.07. The number of aromatic nitrogens is 3. The van der Waals surface area contributed by atoms with E-state index in [1.54, 1.807) is 6.20 Å². The average Bonchev–Trinajstić information content (AvgIpc) is 3.23. The second kappa shape index (κ2) is 6.96. The van der Waals surface area contributed by atoms with Crippen LogP contribution in [0, 0.1) is 6.92 Å². The van der Waals surface area contributed by atoms with E-state index in [-0.39, 0.29) is 11.9 Å². The first-order valence-electron chi connectivity index (χ1n) is 8.84. The molecule has 0 saturated carbocycles. The van der Waals surface area contributed by atoms with Gasteiger partial charge in [-0.1, -0.05) is 18.2 Å². The topological polar surface area (TPSA) is 59.8 Å². The van der Waals surface area contributed by atoms with Crippen LogP contribution < -0.4 is 5.32 Å². The number of carbonyl (C=O) groups excluding carboxylic acids is 1. The number of pyridine rings is 1. The zero-order valence-corrected chi connectivity index (χ0v) is 16.2. The molecule has 6 heteroatoms. The third kappa shape index (κ3) is 3.24. The number of anilines is 1. The van der Waals surface area contributed by atoms with Crippen molar-refractivity contribution in [1.82, 2.24) is 14.5 Å². The molecule has 3 heterocycles. The molecule has 1 aromatic carbocycles. The van der Waals surface area contributed by atoms with Crippen LogP contribution in [0.3, 0.4) is 0 Å². The van der Waals surface area contributed by atoms with E-state index in [4.69, 9.17) is 0 Å². The smallest absolute Gasteiger partial charge is 0.267 e. The Morgan fingerprint density at radius 3 is 2.67 bits per heavy atom. The van der Waals surface area contributed by atoms with Crippen molar-refractivity contribution in [2.75, 3.05) is 5.32 Å². The zero-order chi connectivity index (χ0) is 19.0. The molecule has 5 nitrogen and oxygen atoms in total. The molecule has 0 saturated heterocycles. The summed E-state index contributed by atoms with van der Waals surface area (Å²) in [5, 5.41) is 4.83. The quantitative estimate of drug-likeness (QED) is 0.526. The van der Waals surface area contributed by atoms with Crippen LogP contribution in [-0.4, -0.2) is 20.4 Å². The normalized spacial score (nSPS) is 11.3. The summed E-state index contributed by atoms with van der Waals surface area (Å²) in [6.45, 7) is 6.13. The highest BCUT2D eigenvalue weighted by molar-refractivity contribution is 7.17. The number of para-hydroxylation sites is 1. The highest BCUT2D eigenvalue weighted by Gasteiger charge is 2.20. The number of nitrogens with zero attached hydrogens (tertiary/aromatic N) is 3. The van der Waals surface area contributed by atoms with Gasteiger partial charge in [0.1, 0.15) is 15.5 Å². The van der Waals surface area contributed by atoms with E-state index < -0.39 is 0 Å². The van der Waals surface area contributed by atoms with Gasteiger partial charge in [0.2, 0.25) is 0 Å². The highest BCUT2D eigenvalue weighted by Crippen LogP contribution is 2.35. The van der Waals surface area contributed by atoms with Gasteiger partial charge in [0.25, 0.3) is 5.91 Å². The number of fused-ring (bicyclic) bond motifs is 1. The molecule has 3 aromatic heterocycles. The van der Waals surface area contributed by atoms with Crippen LogP contribution in [0.5, 0.6) is 0 Å². The molecule has 0 radical (unpaired) electrons. The van der Waals surface area contributed by atoms with Crippen molar-refractivity contribution in [3.8, 4) is 10.6 Å². The predicted molar refractivity (Wildman–Crippen MR) is 110 cm³/mol. The van der Waals surface area contributed by atoms with Gasteiger partial charge in [-0.25, -0.2) is 9.97 Å². The summed E-state index contributed by atoms with van der Waals surface area (Å²) in [6, 6.07) is 13.7. The largest absolute Gasteiger partial charge is 0.329 e. The van der Waals surface area contributed by atoms with E-state index in [2.05, 4.69) is 46.0 Å². The van der Waals surface area contributed by atoms with E-state index in [0.717, 1.165) is 33.0 Å². The fourth-order valence-corrected chi connectivity index (χ4v) is 4.06. The second-order valence-electron chi connectivity index (χ2n) is 6.67. The molecule has 0 unspecified atom stereocenters. The van der Waals surface area contributed by atoms with Crippen molar-refractivity contribution in [2.45, 2.75) is 26.8 Å². The number of hydrogen-bond donors (Lipinski definition) is 1. The van der Waals surface area contributed by atoms with Crippen molar-refractivity contribution in [2.24, 2.45) is 0 Å². The molecule has 0 bridgehead atoms. The maximum atomic E-state index is 12.7. The summed E-state index contributed by atoms with van der Waals surface area (Å²) in [5.74, 6) is -0.131. The molecule has 136 valence electrons. The van der Waals surface area contributed by atoms with Crippen molar-refractivity contribution in [3.05, 3.63) is 65.4 Å². The van der Waals surface area contributed by atoms with E-state index in [0.29, 0.717) is 4.88 Å². The molecule has 0 spiro atoms. The fourth-order valence-electron chi connectivity index (χ4n) is 3.08.